The van der Waals surface area contributed by atoms with Crippen LogP contribution in [0, 0.1) is 17.7 Å². The minimum Gasteiger partial charge on any atom is -0.376 e. The molecule has 0 amide bonds. The smallest absolute Gasteiger partial charge is 0.156 e. The zero-order valence-electron chi connectivity index (χ0n) is 10.5. The van der Waals surface area contributed by atoms with E-state index in [9.17, 15) is 9.50 Å². The maximum atomic E-state index is 12.7. The first kappa shape index (κ1) is 14.7. The highest BCUT2D eigenvalue weighted by Crippen LogP contribution is 2.11. The van der Waals surface area contributed by atoms with Crippen molar-refractivity contribution in [2.24, 2.45) is 0 Å². The van der Waals surface area contributed by atoms with Gasteiger partial charge < -0.3 is 14.6 Å². The summed E-state index contributed by atoms with van der Waals surface area (Å²) in [6.45, 7) is 4.41. The zero-order chi connectivity index (χ0) is 13.4. The Bertz CT molecular complexity index is 405. The highest BCUT2D eigenvalue weighted by atomic mass is 19.1. The van der Waals surface area contributed by atoms with E-state index >= 15 is 0 Å². The topological polar surface area (TPSA) is 38.7 Å². The first-order chi connectivity index (χ1) is 8.63. The summed E-state index contributed by atoms with van der Waals surface area (Å²) < 4.78 is 23.0. The molecule has 0 saturated heterocycles. The SMILES string of the molecule is CCOC(C)OCC#CC(O)c1ccc(F)cc1. The Morgan fingerprint density at radius 2 is 1.94 bits per heavy atom. The van der Waals surface area contributed by atoms with Gasteiger partial charge in [0, 0.05) is 6.61 Å². The lowest BCUT2D eigenvalue weighted by Gasteiger charge is -2.09. The molecule has 0 aliphatic carbocycles. The molecular weight excluding hydrogens is 235 g/mol. The van der Waals surface area contributed by atoms with Gasteiger partial charge in [0.05, 0.1) is 0 Å². The van der Waals surface area contributed by atoms with Gasteiger partial charge in [0.15, 0.2) is 6.29 Å². The van der Waals surface area contributed by atoms with Crippen LogP contribution in [-0.2, 0) is 9.47 Å². The summed E-state index contributed by atoms with van der Waals surface area (Å²) in [5.41, 5.74) is 0.557. The summed E-state index contributed by atoms with van der Waals surface area (Å²) in [4.78, 5) is 0. The van der Waals surface area contributed by atoms with Crippen LogP contribution in [0.2, 0.25) is 0 Å². The molecule has 0 bridgehead atoms. The van der Waals surface area contributed by atoms with Crippen molar-refractivity contribution < 1.29 is 19.0 Å². The number of benzene rings is 1. The fraction of sp³-hybridized carbons (Fsp3) is 0.429. The summed E-state index contributed by atoms with van der Waals surface area (Å²) in [5.74, 6) is 4.97. The number of rotatable bonds is 5. The minimum absolute atomic E-state index is 0.180. The zero-order valence-corrected chi connectivity index (χ0v) is 10.5. The van der Waals surface area contributed by atoms with E-state index in [4.69, 9.17) is 9.47 Å². The lowest BCUT2D eigenvalue weighted by Crippen LogP contribution is -2.12. The highest BCUT2D eigenvalue weighted by Gasteiger charge is 2.03. The molecule has 0 fully saturated rings. The summed E-state index contributed by atoms with van der Waals surface area (Å²) in [7, 11) is 0. The van der Waals surface area contributed by atoms with Gasteiger partial charge in [-0.2, -0.15) is 0 Å². The van der Waals surface area contributed by atoms with Crippen LogP contribution < -0.4 is 0 Å². The monoisotopic (exact) mass is 252 g/mol. The second-order valence-corrected chi connectivity index (χ2v) is 3.61. The average Bonchev–Trinajstić information content (AvgIpc) is 2.35. The summed E-state index contributed by atoms with van der Waals surface area (Å²) in [6, 6.07) is 5.57. The van der Waals surface area contributed by atoms with Crippen molar-refractivity contribution in [1.82, 2.24) is 0 Å². The predicted octanol–water partition coefficient (Wildman–Crippen LogP) is 2.26. The highest BCUT2D eigenvalue weighted by molar-refractivity contribution is 5.25. The summed E-state index contributed by atoms with van der Waals surface area (Å²) in [6.07, 6.45) is -1.25. The maximum Gasteiger partial charge on any atom is 0.156 e. The van der Waals surface area contributed by atoms with E-state index in [1.807, 2.05) is 6.92 Å². The standard InChI is InChI=1S/C14H17FO3/c1-3-17-11(2)18-10-4-5-14(16)12-6-8-13(15)9-7-12/h6-9,11,14,16H,3,10H2,1-2H3. The van der Waals surface area contributed by atoms with E-state index in [0.717, 1.165) is 0 Å². The largest absolute Gasteiger partial charge is 0.376 e. The van der Waals surface area contributed by atoms with Crippen LogP contribution in [0.4, 0.5) is 4.39 Å². The van der Waals surface area contributed by atoms with E-state index in [0.29, 0.717) is 12.2 Å². The van der Waals surface area contributed by atoms with Gasteiger partial charge in [0.25, 0.3) is 0 Å². The molecular formula is C14H17FO3. The van der Waals surface area contributed by atoms with Crippen LogP contribution in [0.1, 0.15) is 25.5 Å². The van der Waals surface area contributed by atoms with Crippen molar-refractivity contribution in [1.29, 1.82) is 0 Å². The molecule has 1 aromatic carbocycles. The fourth-order valence-corrected chi connectivity index (χ4v) is 1.31. The van der Waals surface area contributed by atoms with Crippen molar-refractivity contribution in [2.75, 3.05) is 13.2 Å². The molecule has 2 atom stereocenters. The Hall–Kier alpha value is -1.41. The Balaban J connectivity index is 2.40. The molecule has 98 valence electrons. The van der Waals surface area contributed by atoms with Gasteiger partial charge in [-0.05, 0) is 31.5 Å². The molecule has 0 aliphatic heterocycles. The summed E-state index contributed by atoms with van der Waals surface area (Å²) in [5, 5.41) is 9.70. The first-order valence-electron chi connectivity index (χ1n) is 5.78. The van der Waals surface area contributed by atoms with Crippen molar-refractivity contribution in [3.8, 4) is 11.8 Å². The Morgan fingerprint density at radius 3 is 2.56 bits per heavy atom. The maximum absolute atomic E-state index is 12.7. The van der Waals surface area contributed by atoms with E-state index in [-0.39, 0.29) is 18.7 Å². The van der Waals surface area contributed by atoms with Gasteiger partial charge in [-0.15, -0.1) is 0 Å². The number of hydrogen-bond acceptors (Lipinski definition) is 3. The molecule has 4 heteroatoms. The third-order valence-corrected chi connectivity index (χ3v) is 2.22. The molecule has 0 heterocycles. The second kappa shape index (κ2) is 7.83. The molecule has 3 nitrogen and oxygen atoms in total. The fourth-order valence-electron chi connectivity index (χ4n) is 1.31. The Kier molecular flexibility index (Phi) is 6.37. The molecule has 0 aromatic heterocycles. The lowest BCUT2D eigenvalue weighted by molar-refractivity contribution is -0.117. The van der Waals surface area contributed by atoms with Crippen LogP contribution in [0.15, 0.2) is 24.3 Å². The molecule has 18 heavy (non-hydrogen) atoms. The Morgan fingerprint density at radius 1 is 1.28 bits per heavy atom. The third-order valence-electron chi connectivity index (χ3n) is 2.22. The van der Waals surface area contributed by atoms with Crippen molar-refractivity contribution >= 4 is 0 Å². The summed E-state index contributed by atoms with van der Waals surface area (Å²) >= 11 is 0. The quantitative estimate of drug-likeness (QED) is 0.645. The molecule has 0 radical (unpaired) electrons. The minimum atomic E-state index is -0.934. The van der Waals surface area contributed by atoms with Gasteiger partial charge >= 0.3 is 0 Å². The number of aliphatic hydroxyl groups excluding tert-OH is 1. The second-order valence-electron chi connectivity index (χ2n) is 3.61. The van der Waals surface area contributed by atoms with Crippen LogP contribution in [0.5, 0.6) is 0 Å². The van der Waals surface area contributed by atoms with Crippen molar-refractivity contribution in [3.63, 3.8) is 0 Å². The van der Waals surface area contributed by atoms with Crippen LogP contribution >= 0.6 is 0 Å². The van der Waals surface area contributed by atoms with E-state index in [1.54, 1.807) is 6.92 Å². The first-order valence-corrected chi connectivity index (χ1v) is 5.78. The predicted molar refractivity (Wildman–Crippen MR) is 66.2 cm³/mol. The number of halogens is 1. The van der Waals surface area contributed by atoms with E-state index in [1.165, 1.54) is 24.3 Å². The molecule has 2 unspecified atom stereocenters. The molecule has 1 aromatic rings. The van der Waals surface area contributed by atoms with Gasteiger partial charge in [-0.25, -0.2) is 4.39 Å². The number of hydrogen-bond donors (Lipinski definition) is 1. The van der Waals surface area contributed by atoms with Crippen LogP contribution in [-0.4, -0.2) is 24.6 Å². The Labute approximate surface area is 107 Å². The van der Waals surface area contributed by atoms with Crippen LogP contribution in [0.3, 0.4) is 0 Å². The molecule has 1 N–H and O–H groups in total. The lowest BCUT2D eigenvalue weighted by atomic mass is 10.1. The van der Waals surface area contributed by atoms with Gasteiger partial charge in [0.2, 0.25) is 0 Å². The third kappa shape index (κ3) is 5.28. The number of aliphatic hydroxyl groups is 1. The van der Waals surface area contributed by atoms with Crippen LogP contribution in [0.25, 0.3) is 0 Å². The molecule has 0 saturated carbocycles. The van der Waals surface area contributed by atoms with Crippen molar-refractivity contribution in [3.05, 3.63) is 35.6 Å². The molecule has 0 aliphatic rings. The van der Waals surface area contributed by atoms with Gasteiger partial charge in [-0.3, -0.25) is 0 Å². The number of ether oxygens (including phenoxy) is 2. The molecule has 1 rings (SSSR count). The van der Waals surface area contributed by atoms with Crippen molar-refractivity contribution in [2.45, 2.75) is 26.2 Å². The van der Waals surface area contributed by atoms with E-state index in [2.05, 4.69) is 11.8 Å². The average molecular weight is 252 g/mol. The van der Waals surface area contributed by atoms with Gasteiger partial charge in [-0.1, -0.05) is 24.0 Å². The van der Waals surface area contributed by atoms with Gasteiger partial charge in [0.1, 0.15) is 18.5 Å². The van der Waals surface area contributed by atoms with E-state index < -0.39 is 6.10 Å². The molecule has 0 spiro atoms. The normalized spacial score (nSPS) is 13.6.